The first-order chi connectivity index (χ1) is 17.1. The summed E-state index contributed by atoms with van der Waals surface area (Å²) >= 11 is 3.44. The zero-order valence-electron chi connectivity index (χ0n) is 18.1. The van der Waals surface area contributed by atoms with Crippen molar-refractivity contribution in [1.29, 1.82) is 0 Å². The lowest BCUT2D eigenvalue weighted by molar-refractivity contribution is -0.117. The van der Waals surface area contributed by atoms with Gasteiger partial charge in [-0.2, -0.15) is 5.10 Å². The lowest BCUT2D eigenvalue weighted by atomic mass is 10.1. The number of amides is 2. The van der Waals surface area contributed by atoms with Gasteiger partial charge in [0.1, 0.15) is 5.70 Å². The molecule has 3 aromatic carbocycles. The van der Waals surface area contributed by atoms with Gasteiger partial charge < -0.3 is 24.3 Å². The minimum Gasteiger partial charge on any atom is -0.454 e. The molecule has 5 rings (SSSR count). The van der Waals surface area contributed by atoms with Crippen molar-refractivity contribution in [3.8, 4) is 23.0 Å². The summed E-state index contributed by atoms with van der Waals surface area (Å²) in [4.78, 5) is 25.7. The van der Waals surface area contributed by atoms with Crippen LogP contribution in [0.4, 0.5) is 0 Å². The fourth-order valence-electron chi connectivity index (χ4n) is 3.36. The van der Waals surface area contributed by atoms with E-state index in [2.05, 4.69) is 31.8 Å². The maximum atomic E-state index is 13.0. The molecule has 0 aliphatic carbocycles. The standard InChI is InChI=1S/C25H18BrN3O6/c26-18-11-23-22(34-14-35-23)10-17(18)12-27-29-25(31)19(28-24(30)16-4-2-1-3-5-16)8-15-6-7-20-21(9-15)33-13-32-20/h1-12H,13-14H2,(H,28,30)(H,29,31)/b19-8-,27-12-. The molecule has 10 heteroatoms. The SMILES string of the molecule is O=C(N/N=C\c1cc2c(cc1Br)OCO2)/C(=C/c1ccc2c(c1)OCO2)NC(=O)c1ccccc1. The van der Waals surface area contributed by atoms with Crippen molar-refractivity contribution in [3.05, 3.63) is 87.5 Å². The lowest BCUT2D eigenvalue weighted by Gasteiger charge is -2.09. The van der Waals surface area contributed by atoms with Crippen LogP contribution in [-0.4, -0.2) is 31.6 Å². The van der Waals surface area contributed by atoms with Gasteiger partial charge in [0.25, 0.3) is 11.8 Å². The van der Waals surface area contributed by atoms with Crippen molar-refractivity contribution in [2.24, 2.45) is 5.10 Å². The summed E-state index contributed by atoms with van der Waals surface area (Å²) in [6, 6.07) is 17.3. The quantitative estimate of drug-likeness (QED) is 0.282. The highest BCUT2D eigenvalue weighted by atomic mass is 79.9. The van der Waals surface area contributed by atoms with E-state index < -0.39 is 11.8 Å². The predicted octanol–water partition coefficient (Wildman–Crippen LogP) is 3.83. The molecule has 0 fully saturated rings. The van der Waals surface area contributed by atoms with E-state index in [1.54, 1.807) is 60.7 Å². The molecule has 0 spiro atoms. The molecular formula is C25H18BrN3O6. The third-order valence-electron chi connectivity index (χ3n) is 5.10. The average molecular weight is 536 g/mol. The highest BCUT2D eigenvalue weighted by Gasteiger charge is 2.18. The fraction of sp³-hybridized carbons (Fsp3) is 0.0800. The third-order valence-corrected chi connectivity index (χ3v) is 5.78. The molecule has 2 heterocycles. The van der Waals surface area contributed by atoms with Gasteiger partial charge in [-0.15, -0.1) is 0 Å². The van der Waals surface area contributed by atoms with E-state index in [1.165, 1.54) is 12.3 Å². The molecule has 0 saturated heterocycles. The van der Waals surface area contributed by atoms with Crippen molar-refractivity contribution in [2.45, 2.75) is 0 Å². The first kappa shape index (κ1) is 22.5. The van der Waals surface area contributed by atoms with E-state index >= 15 is 0 Å². The van der Waals surface area contributed by atoms with Crippen LogP contribution in [-0.2, 0) is 4.79 Å². The zero-order valence-corrected chi connectivity index (χ0v) is 19.7. The summed E-state index contributed by atoms with van der Waals surface area (Å²) in [5.41, 5.74) is 4.17. The topological polar surface area (TPSA) is 107 Å². The van der Waals surface area contributed by atoms with Gasteiger partial charge in [0.05, 0.1) is 6.21 Å². The summed E-state index contributed by atoms with van der Waals surface area (Å²) in [6.45, 7) is 0.277. The van der Waals surface area contributed by atoms with Crippen LogP contribution in [0.25, 0.3) is 6.08 Å². The first-order valence-electron chi connectivity index (χ1n) is 10.5. The largest absolute Gasteiger partial charge is 0.454 e. The second kappa shape index (κ2) is 9.90. The number of benzene rings is 3. The van der Waals surface area contributed by atoms with Gasteiger partial charge >= 0.3 is 0 Å². The molecular weight excluding hydrogens is 518 g/mol. The normalized spacial score (nSPS) is 13.7. The Labute approximate surface area is 208 Å². The summed E-state index contributed by atoms with van der Waals surface area (Å²) in [5, 5.41) is 6.70. The number of fused-ring (bicyclic) bond motifs is 2. The van der Waals surface area contributed by atoms with Crippen molar-refractivity contribution in [3.63, 3.8) is 0 Å². The Kier molecular flexibility index (Phi) is 6.36. The Morgan fingerprint density at radius 2 is 1.54 bits per heavy atom. The van der Waals surface area contributed by atoms with Crippen LogP contribution in [0.1, 0.15) is 21.5 Å². The van der Waals surface area contributed by atoms with Crippen LogP contribution in [0.5, 0.6) is 23.0 Å². The summed E-state index contributed by atoms with van der Waals surface area (Å²) in [5.74, 6) is 1.32. The molecule has 0 bridgehead atoms. The Morgan fingerprint density at radius 1 is 0.857 bits per heavy atom. The predicted molar refractivity (Wildman–Crippen MR) is 130 cm³/mol. The number of halogens is 1. The molecule has 2 aliphatic rings. The molecule has 0 atom stereocenters. The van der Waals surface area contributed by atoms with E-state index in [1.807, 2.05) is 0 Å². The van der Waals surface area contributed by atoms with Crippen molar-refractivity contribution < 1.29 is 28.5 Å². The first-order valence-corrected chi connectivity index (χ1v) is 11.3. The van der Waals surface area contributed by atoms with Crippen molar-refractivity contribution in [1.82, 2.24) is 10.7 Å². The van der Waals surface area contributed by atoms with Crippen LogP contribution in [0, 0.1) is 0 Å². The molecule has 9 nitrogen and oxygen atoms in total. The van der Waals surface area contributed by atoms with Gasteiger partial charge in [0.15, 0.2) is 23.0 Å². The lowest BCUT2D eigenvalue weighted by Crippen LogP contribution is -2.32. The minimum absolute atomic E-state index is 0.000351. The Balaban J connectivity index is 1.37. The number of carbonyl (C=O) groups is 2. The van der Waals surface area contributed by atoms with E-state index in [9.17, 15) is 9.59 Å². The van der Waals surface area contributed by atoms with Gasteiger partial charge in [-0.1, -0.05) is 24.3 Å². The van der Waals surface area contributed by atoms with Gasteiger partial charge in [-0.05, 0) is 64.0 Å². The van der Waals surface area contributed by atoms with Crippen LogP contribution in [0.3, 0.4) is 0 Å². The van der Waals surface area contributed by atoms with E-state index in [0.29, 0.717) is 44.2 Å². The zero-order chi connectivity index (χ0) is 24.2. The molecule has 0 aromatic heterocycles. The summed E-state index contributed by atoms with van der Waals surface area (Å²) in [7, 11) is 0. The minimum atomic E-state index is -0.611. The molecule has 0 unspecified atom stereocenters. The number of ether oxygens (including phenoxy) is 4. The number of carbonyl (C=O) groups excluding carboxylic acids is 2. The van der Waals surface area contributed by atoms with Crippen LogP contribution in [0.2, 0.25) is 0 Å². The highest BCUT2D eigenvalue weighted by Crippen LogP contribution is 2.36. The number of nitrogens with one attached hydrogen (secondary N) is 2. The summed E-state index contributed by atoms with van der Waals surface area (Å²) in [6.07, 6.45) is 2.99. The highest BCUT2D eigenvalue weighted by molar-refractivity contribution is 9.10. The second-order valence-corrected chi connectivity index (χ2v) is 8.27. The monoisotopic (exact) mass is 535 g/mol. The molecule has 176 valence electrons. The van der Waals surface area contributed by atoms with Gasteiger partial charge in [-0.3, -0.25) is 9.59 Å². The number of hydrogen-bond donors (Lipinski definition) is 2. The average Bonchev–Trinajstić information content (AvgIpc) is 3.52. The van der Waals surface area contributed by atoms with Crippen LogP contribution >= 0.6 is 15.9 Å². The second-order valence-electron chi connectivity index (χ2n) is 7.42. The summed E-state index contributed by atoms with van der Waals surface area (Å²) < 4.78 is 22.2. The Bertz CT molecular complexity index is 1360. The van der Waals surface area contributed by atoms with E-state index in [4.69, 9.17) is 18.9 Å². The van der Waals surface area contributed by atoms with Crippen LogP contribution in [0.15, 0.2) is 75.9 Å². The van der Waals surface area contributed by atoms with Gasteiger partial charge in [-0.25, -0.2) is 5.43 Å². The maximum absolute atomic E-state index is 13.0. The molecule has 0 radical (unpaired) electrons. The van der Waals surface area contributed by atoms with E-state index in [0.717, 1.165) is 0 Å². The maximum Gasteiger partial charge on any atom is 0.287 e. The smallest absolute Gasteiger partial charge is 0.287 e. The number of hydrazone groups is 1. The van der Waals surface area contributed by atoms with E-state index in [-0.39, 0.29) is 19.3 Å². The molecule has 0 saturated carbocycles. The third kappa shape index (κ3) is 5.12. The number of rotatable bonds is 6. The number of hydrogen-bond acceptors (Lipinski definition) is 7. The molecule has 2 aliphatic heterocycles. The fourth-order valence-corrected chi connectivity index (χ4v) is 3.79. The van der Waals surface area contributed by atoms with Gasteiger partial charge in [0.2, 0.25) is 13.6 Å². The van der Waals surface area contributed by atoms with Crippen molar-refractivity contribution in [2.75, 3.05) is 13.6 Å². The van der Waals surface area contributed by atoms with Gasteiger partial charge in [0, 0.05) is 15.6 Å². The Hall–Kier alpha value is -4.31. The molecule has 3 aromatic rings. The van der Waals surface area contributed by atoms with Crippen LogP contribution < -0.4 is 29.7 Å². The molecule has 35 heavy (non-hydrogen) atoms. The number of nitrogens with zero attached hydrogens (tertiary/aromatic N) is 1. The molecule has 2 amide bonds. The Morgan fingerprint density at radius 3 is 2.31 bits per heavy atom. The van der Waals surface area contributed by atoms with Crippen molar-refractivity contribution >= 4 is 40.0 Å². The molecule has 2 N–H and O–H groups in total.